The molecule has 0 radical (unpaired) electrons. The largest absolute Gasteiger partial charge is 0.508 e. The van der Waals surface area contributed by atoms with Crippen molar-refractivity contribution in [3.8, 4) is 0 Å². The summed E-state index contributed by atoms with van der Waals surface area (Å²) in [5, 5.41) is 7.18. The fourth-order valence-corrected chi connectivity index (χ4v) is 0.409. The van der Waals surface area contributed by atoms with Crippen molar-refractivity contribution >= 4 is 29.2 Å². The Labute approximate surface area is 96.5 Å². The number of carboxylic acid groups (broad SMARTS) is 1. The molecule has 0 atom stereocenters. The monoisotopic (exact) mass is 254 g/mol. The predicted octanol–water partition coefficient (Wildman–Crippen LogP) is 1.75. The van der Waals surface area contributed by atoms with Gasteiger partial charge in [0, 0.05) is 18.5 Å². The minimum Gasteiger partial charge on any atom is -0.469 e. The number of hydrogen-bond donors (Lipinski definition) is 1. The van der Waals surface area contributed by atoms with Gasteiger partial charge >= 0.3 is 17.6 Å². The van der Waals surface area contributed by atoms with Crippen LogP contribution in [0.15, 0.2) is 12.8 Å². The summed E-state index contributed by atoms with van der Waals surface area (Å²) in [6.07, 6.45) is 0.553. The molecule has 8 heteroatoms. The summed E-state index contributed by atoms with van der Waals surface area (Å²) in [5.74, 6) is -0.329. The minimum atomic E-state index is -1.36. The highest BCUT2D eigenvalue weighted by Gasteiger charge is 2.09. The van der Waals surface area contributed by atoms with Crippen molar-refractivity contribution in [3.05, 3.63) is 12.8 Å². The third kappa shape index (κ3) is 22.8. The second-order valence-electron chi connectivity index (χ2n) is 1.98. The van der Waals surface area contributed by atoms with Gasteiger partial charge in [0.2, 0.25) is 0 Å². The maximum atomic E-state index is 9.80. The van der Waals surface area contributed by atoms with Crippen LogP contribution in [0.5, 0.6) is 0 Å². The number of carbonyl (C=O) groups is 3. The molecule has 0 aliphatic carbocycles. The molecule has 1 saturated heterocycles. The van der Waals surface area contributed by atoms with Gasteiger partial charge in [-0.1, -0.05) is 6.58 Å². The Morgan fingerprint density at radius 3 is 1.94 bits per heavy atom. The van der Waals surface area contributed by atoms with E-state index in [9.17, 15) is 9.59 Å². The molecule has 0 saturated carbocycles. The Kier molecular flexibility index (Phi) is 11.8. The van der Waals surface area contributed by atoms with Crippen LogP contribution in [0.2, 0.25) is 0 Å². The van der Waals surface area contributed by atoms with Gasteiger partial charge in [0.15, 0.2) is 0 Å². The highest BCUT2D eigenvalue weighted by Crippen LogP contribution is 1.92. The van der Waals surface area contributed by atoms with Crippen LogP contribution >= 0.6 is 11.6 Å². The number of cyclic esters (lactones) is 2. The van der Waals surface area contributed by atoms with Crippen molar-refractivity contribution in [2.24, 2.45) is 0 Å². The lowest BCUT2D eigenvalue weighted by Gasteiger charge is -1.83. The third-order valence-electron chi connectivity index (χ3n) is 0.772. The van der Waals surface area contributed by atoms with Crippen LogP contribution in [0.1, 0.15) is 6.92 Å². The van der Waals surface area contributed by atoms with Gasteiger partial charge in [-0.05, 0) is 0 Å². The van der Waals surface area contributed by atoms with Crippen LogP contribution in [-0.4, -0.2) is 35.9 Å². The molecule has 1 aliphatic heterocycles. The zero-order valence-corrected chi connectivity index (χ0v) is 9.23. The first-order valence-electron chi connectivity index (χ1n) is 3.86. The number of hydrogen-bond acceptors (Lipinski definition) is 6. The Hall–Kier alpha value is -1.76. The predicted molar refractivity (Wildman–Crippen MR) is 53.1 cm³/mol. The topological polar surface area (TPSA) is 99.1 Å². The highest BCUT2D eigenvalue weighted by molar-refractivity contribution is 6.60. The SMILES string of the molecule is C=COC(C)=O.O=C(O)Cl.O=C1OCCO1. The van der Waals surface area contributed by atoms with Crippen LogP contribution in [0.4, 0.5) is 9.59 Å². The molecular formula is C8H11ClO7. The van der Waals surface area contributed by atoms with E-state index in [2.05, 4.69) is 32.4 Å². The summed E-state index contributed by atoms with van der Waals surface area (Å²) in [7, 11) is 0. The van der Waals surface area contributed by atoms with E-state index < -0.39 is 11.6 Å². The molecular weight excluding hydrogens is 244 g/mol. The summed E-state index contributed by atoms with van der Waals surface area (Å²) in [6.45, 7) is 5.31. The Balaban J connectivity index is 0. The van der Waals surface area contributed by atoms with Crippen LogP contribution in [0, 0.1) is 0 Å². The van der Waals surface area contributed by atoms with E-state index in [0.717, 1.165) is 6.26 Å². The van der Waals surface area contributed by atoms with Gasteiger partial charge in [-0.15, -0.1) is 0 Å². The van der Waals surface area contributed by atoms with Crippen molar-refractivity contribution in [2.75, 3.05) is 13.2 Å². The highest BCUT2D eigenvalue weighted by atomic mass is 35.5. The van der Waals surface area contributed by atoms with Crippen LogP contribution in [0.3, 0.4) is 0 Å². The average Bonchev–Trinajstić information content (AvgIpc) is 2.55. The lowest BCUT2D eigenvalue weighted by molar-refractivity contribution is -0.135. The van der Waals surface area contributed by atoms with Gasteiger partial charge < -0.3 is 19.3 Å². The Morgan fingerprint density at radius 2 is 1.88 bits per heavy atom. The molecule has 0 aromatic carbocycles. The first-order chi connectivity index (χ1) is 7.40. The van der Waals surface area contributed by atoms with E-state index in [1.165, 1.54) is 6.92 Å². The molecule has 0 unspecified atom stereocenters. The molecule has 1 heterocycles. The summed E-state index contributed by atoms with van der Waals surface area (Å²) >= 11 is 4.19. The minimum absolute atomic E-state index is 0.329. The summed E-state index contributed by atoms with van der Waals surface area (Å²) in [4.78, 5) is 28.3. The fourth-order valence-electron chi connectivity index (χ4n) is 0.409. The van der Waals surface area contributed by atoms with E-state index in [1.807, 2.05) is 0 Å². The molecule has 1 aliphatic rings. The lowest BCUT2D eigenvalue weighted by Crippen LogP contribution is -1.88. The number of carbonyl (C=O) groups excluding carboxylic acids is 2. The first-order valence-corrected chi connectivity index (χ1v) is 4.24. The van der Waals surface area contributed by atoms with Crippen molar-refractivity contribution in [1.82, 2.24) is 0 Å². The quantitative estimate of drug-likeness (QED) is 0.432. The summed E-state index contributed by atoms with van der Waals surface area (Å²) < 4.78 is 12.8. The number of esters is 1. The molecule has 0 spiro atoms. The Bertz CT molecular complexity index is 239. The second-order valence-corrected chi connectivity index (χ2v) is 2.30. The van der Waals surface area contributed by atoms with E-state index in [4.69, 9.17) is 9.90 Å². The van der Waals surface area contributed by atoms with Gasteiger partial charge in [0.1, 0.15) is 13.2 Å². The molecule has 0 bridgehead atoms. The smallest absolute Gasteiger partial charge is 0.469 e. The van der Waals surface area contributed by atoms with E-state index in [-0.39, 0.29) is 5.97 Å². The molecule has 0 amide bonds. The van der Waals surface area contributed by atoms with Gasteiger partial charge in [-0.2, -0.15) is 0 Å². The lowest BCUT2D eigenvalue weighted by atomic mass is 10.8. The molecule has 1 N–H and O–H groups in total. The summed E-state index contributed by atoms with van der Waals surface area (Å²) in [6, 6.07) is 0. The molecule has 16 heavy (non-hydrogen) atoms. The van der Waals surface area contributed by atoms with E-state index in [0.29, 0.717) is 13.2 Å². The fraction of sp³-hybridized carbons (Fsp3) is 0.375. The van der Waals surface area contributed by atoms with Crippen LogP contribution < -0.4 is 0 Å². The van der Waals surface area contributed by atoms with Gasteiger partial charge in [0.05, 0.1) is 6.26 Å². The van der Waals surface area contributed by atoms with Crippen molar-refractivity contribution in [3.63, 3.8) is 0 Å². The number of rotatable bonds is 1. The Morgan fingerprint density at radius 1 is 1.50 bits per heavy atom. The van der Waals surface area contributed by atoms with Crippen molar-refractivity contribution in [1.29, 1.82) is 0 Å². The zero-order valence-electron chi connectivity index (χ0n) is 8.47. The summed E-state index contributed by atoms with van der Waals surface area (Å²) in [5.41, 5.74) is -1.36. The molecule has 0 aromatic heterocycles. The first kappa shape index (κ1) is 16.7. The van der Waals surface area contributed by atoms with Crippen molar-refractivity contribution < 1.29 is 33.7 Å². The van der Waals surface area contributed by atoms with E-state index >= 15 is 0 Å². The maximum absolute atomic E-state index is 9.80. The molecule has 1 rings (SSSR count). The number of halogens is 1. The zero-order chi connectivity index (χ0) is 13.0. The van der Waals surface area contributed by atoms with Crippen LogP contribution in [0.25, 0.3) is 0 Å². The standard InChI is InChI=1S/C4H6O2.C3H4O3.CHClO2/c1-3-6-4(2)5;4-3-5-1-2-6-3;2-1(3)4/h3H,1H2,2H3;1-2H2;(H,3,4). The van der Waals surface area contributed by atoms with Gasteiger partial charge in [0.25, 0.3) is 0 Å². The number of ether oxygens (including phenoxy) is 3. The van der Waals surface area contributed by atoms with Crippen molar-refractivity contribution in [2.45, 2.75) is 6.92 Å². The maximum Gasteiger partial charge on any atom is 0.508 e. The molecule has 0 aromatic rings. The molecule has 1 fully saturated rings. The van der Waals surface area contributed by atoms with Gasteiger partial charge in [-0.3, -0.25) is 4.79 Å². The van der Waals surface area contributed by atoms with Gasteiger partial charge in [-0.25, -0.2) is 9.59 Å². The normalized spacial score (nSPS) is 11.5. The average molecular weight is 255 g/mol. The van der Waals surface area contributed by atoms with Crippen LogP contribution in [-0.2, 0) is 19.0 Å². The molecule has 7 nitrogen and oxygen atoms in total. The van der Waals surface area contributed by atoms with E-state index in [1.54, 1.807) is 0 Å². The second kappa shape index (κ2) is 11.3. The third-order valence-corrected chi connectivity index (χ3v) is 0.772. The molecule has 92 valence electrons.